The van der Waals surface area contributed by atoms with Gasteiger partial charge in [-0.1, -0.05) is 25.5 Å². The van der Waals surface area contributed by atoms with Gasteiger partial charge in [0.2, 0.25) is 0 Å². The van der Waals surface area contributed by atoms with Gasteiger partial charge in [0.05, 0.1) is 18.3 Å². The average Bonchev–Trinajstić information content (AvgIpc) is 2.84. The second-order valence-corrected chi connectivity index (χ2v) is 10.5. The Bertz CT molecular complexity index is 718. The normalized spacial score (nSPS) is 51.2. The van der Waals surface area contributed by atoms with Crippen LogP contribution in [0.15, 0.2) is 11.6 Å². The van der Waals surface area contributed by atoms with Gasteiger partial charge in [-0.25, -0.2) is 4.18 Å². The maximum Gasteiger partial charge on any atom is 0.397 e. The third-order valence-corrected chi connectivity index (χ3v) is 8.73. The highest BCUT2D eigenvalue weighted by atomic mass is 32.3. The van der Waals surface area contributed by atoms with Crippen LogP contribution in [0.25, 0.3) is 0 Å². The van der Waals surface area contributed by atoms with Crippen LogP contribution in [0.4, 0.5) is 0 Å². The summed E-state index contributed by atoms with van der Waals surface area (Å²) >= 11 is 0. The maximum absolute atomic E-state index is 11.3. The van der Waals surface area contributed by atoms with Crippen LogP contribution in [0.1, 0.15) is 58.8 Å². The third kappa shape index (κ3) is 2.78. The number of aliphatic hydroxyl groups is 2. The average molecular weight is 387 g/mol. The van der Waals surface area contributed by atoms with Crippen molar-refractivity contribution in [1.82, 2.24) is 0 Å². The SMILES string of the molecule is C[C@]12CC[C@H]3[C@@H]([C@@H](O)C=C4C[C@@H](O)CC[C@@]43C)[C@@H]1CC[C@@H]2OS(=O)(=O)O. The molecule has 3 saturated carbocycles. The van der Waals surface area contributed by atoms with E-state index in [1.54, 1.807) is 0 Å². The van der Waals surface area contributed by atoms with Gasteiger partial charge < -0.3 is 10.2 Å². The molecule has 0 spiro atoms. The second kappa shape index (κ2) is 6.01. The molecule has 7 heteroatoms. The highest BCUT2D eigenvalue weighted by Gasteiger charge is 2.61. The zero-order valence-corrected chi connectivity index (χ0v) is 16.3. The molecule has 3 fully saturated rings. The van der Waals surface area contributed by atoms with E-state index in [0.717, 1.165) is 32.1 Å². The van der Waals surface area contributed by atoms with E-state index < -0.39 is 22.6 Å². The summed E-state index contributed by atoms with van der Waals surface area (Å²) in [6.07, 6.45) is 6.06. The summed E-state index contributed by atoms with van der Waals surface area (Å²) in [4.78, 5) is 0. The summed E-state index contributed by atoms with van der Waals surface area (Å²) < 4.78 is 36.7. The predicted octanol–water partition coefficient (Wildman–Crippen LogP) is 2.47. The quantitative estimate of drug-likeness (QED) is 0.497. The molecule has 0 aliphatic heterocycles. The smallest absolute Gasteiger partial charge is 0.393 e. The third-order valence-electron chi connectivity index (χ3n) is 8.25. The van der Waals surface area contributed by atoms with Crippen LogP contribution in [-0.2, 0) is 14.6 Å². The van der Waals surface area contributed by atoms with Gasteiger partial charge in [0, 0.05) is 0 Å². The fraction of sp³-hybridized carbons (Fsp3) is 0.895. The predicted molar refractivity (Wildman–Crippen MR) is 95.5 cm³/mol. The molecule has 0 aromatic rings. The zero-order valence-electron chi connectivity index (χ0n) is 15.5. The zero-order chi connectivity index (χ0) is 18.9. The summed E-state index contributed by atoms with van der Waals surface area (Å²) in [7, 11) is -4.48. The topological polar surface area (TPSA) is 104 Å². The summed E-state index contributed by atoms with van der Waals surface area (Å²) in [5, 5.41) is 21.0. The standard InChI is InChI=1S/C19H30O6S/c1-18-7-5-12(20)9-11(18)10-15(21)17-13-3-4-16(25-26(22,23)24)19(13,2)8-6-14(17)18/h10,12-17,20-21H,3-9H2,1-2H3,(H,22,23,24)/t12-,13-,14-,15-,16-,17-,18-,19-/m0/s1. The van der Waals surface area contributed by atoms with Gasteiger partial charge in [0.25, 0.3) is 0 Å². The lowest BCUT2D eigenvalue weighted by Crippen LogP contribution is -2.55. The minimum absolute atomic E-state index is 0.00640. The minimum Gasteiger partial charge on any atom is -0.393 e. The molecule has 4 rings (SSSR count). The number of fused-ring (bicyclic) bond motifs is 5. The van der Waals surface area contributed by atoms with Gasteiger partial charge in [-0.05, 0) is 73.5 Å². The van der Waals surface area contributed by atoms with Crippen LogP contribution < -0.4 is 0 Å². The van der Waals surface area contributed by atoms with Gasteiger partial charge in [-0.15, -0.1) is 0 Å². The van der Waals surface area contributed by atoms with Crippen LogP contribution in [-0.4, -0.2) is 41.5 Å². The number of aliphatic hydroxyl groups excluding tert-OH is 2. The molecule has 148 valence electrons. The van der Waals surface area contributed by atoms with Crippen molar-refractivity contribution in [1.29, 1.82) is 0 Å². The number of rotatable bonds is 2. The second-order valence-electron chi connectivity index (χ2n) is 9.42. The Kier molecular flexibility index (Phi) is 4.36. The number of hydrogen-bond donors (Lipinski definition) is 3. The van der Waals surface area contributed by atoms with Crippen LogP contribution in [0, 0.1) is 28.6 Å². The van der Waals surface area contributed by atoms with Crippen molar-refractivity contribution < 1.29 is 27.4 Å². The van der Waals surface area contributed by atoms with Gasteiger partial charge in [0.1, 0.15) is 0 Å². The lowest BCUT2D eigenvalue weighted by molar-refractivity contribution is -0.101. The Morgan fingerprint density at radius 3 is 2.50 bits per heavy atom. The molecule has 0 aromatic heterocycles. The van der Waals surface area contributed by atoms with E-state index in [9.17, 15) is 18.6 Å². The Morgan fingerprint density at radius 2 is 1.81 bits per heavy atom. The van der Waals surface area contributed by atoms with Crippen LogP contribution in [0.5, 0.6) is 0 Å². The maximum atomic E-state index is 11.3. The van der Waals surface area contributed by atoms with Crippen molar-refractivity contribution in [2.24, 2.45) is 28.6 Å². The molecule has 0 radical (unpaired) electrons. The lowest BCUT2D eigenvalue weighted by atomic mass is 9.47. The fourth-order valence-corrected chi connectivity index (χ4v) is 7.50. The van der Waals surface area contributed by atoms with E-state index in [1.165, 1.54) is 5.57 Å². The van der Waals surface area contributed by atoms with Gasteiger partial charge >= 0.3 is 10.4 Å². The molecule has 0 heterocycles. The molecular formula is C19H30O6S. The first-order chi connectivity index (χ1) is 12.0. The minimum atomic E-state index is -4.48. The van der Waals surface area contributed by atoms with E-state index >= 15 is 0 Å². The van der Waals surface area contributed by atoms with Crippen molar-refractivity contribution in [2.45, 2.75) is 77.1 Å². The van der Waals surface area contributed by atoms with Crippen molar-refractivity contribution in [3.8, 4) is 0 Å². The van der Waals surface area contributed by atoms with E-state index in [-0.39, 0.29) is 28.8 Å². The van der Waals surface area contributed by atoms with Crippen molar-refractivity contribution in [3.63, 3.8) is 0 Å². The van der Waals surface area contributed by atoms with Crippen molar-refractivity contribution in [3.05, 3.63) is 11.6 Å². The molecule has 0 bridgehead atoms. The van der Waals surface area contributed by atoms with Crippen molar-refractivity contribution in [2.75, 3.05) is 0 Å². The van der Waals surface area contributed by atoms with Crippen LogP contribution in [0.2, 0.25) is 0 Å². The fourth-order valence-electron chi connectivity index (χ4n) is 6.89. The lowest BCUT2D eigenvalue weighted by Gasteiger charge is -2.58. The molecule has 0 aromatic carbocycles. The Morgan fingerprint density at radius 1 is 1.08 bits per heavy atom. The molecule has 4 aliphatic rings. The van der Waals surface area contributed by atoms with Crippen molar-refractivity contribution >= 4 is 10.4 Å². The Balaban J connectivity index is 1.67. The van der Waals surface area contributed by atoms with E-state index in [4.69, 9.17) is 8.74 Å². The molecule has 6 nitrogen and oxygen atoms in total. The molecule has 26 heavy (non-hydrogen) atoms. The molecule has 4 aliphatic carbocycles. The van der Waals surface area contributed by atoms with E-state index in [1.807, 2.05) is 6.08 Å². The summed E-state index contributed by atoms with van der Waals surface area (Å²) in [5.74, 6) is 0.588. The van der Waals surface area contributed by atoms with Crippen LogP contribution in [0.3, 0.4) is 0 Å². The van der Waals surface area contributed by atoms with E-state index in [2.05, 4.69) is 13.8 Å². The van der Waals surface area contributed by atoms with Gasteiger partial charge in [-0.2, -0.15) is 8.42 Å². The summed E-state index contributed by atoms with van der Waals surface area (Å²) in [6.45, 7) is 4.33. The first-order valence-electron chi connectivity index (χ1n) is 9.77. The summed E-state index contributed by atoms with van der Waals surface area (Å²) in [5.41, 5.74) is 0.845. The first kappa shape index (κ1) is 18.9. The largest absolute Gasteiger partial charge is 0.397 e. The molecule has 0 unspecified atom stereocenters. The van der Waals surface area contributed by atoms with E-state index in [0.29, 0.717) is 18.8 Å². The molecule has 0 saturated heterocycles. The summed E-state index contributed by atoms with van der Waals surface area (Å²) in [6, 6.07) is 0. The Labute approximate surface area is 155 Å². The highest BCUT2D eigenvalue weighted by Crippen LogP contribution is 2.65. The first-order valence-corrected chi connectivity index (χ1v) is 11.1. The van der Waals surface area contributed by atoms with Crippen LogP contribution >= 0.6 is 0 Å². The number of hydrogen-bond acceptors (Lipinski definition) is 5. The molecular weight excluding hydrogens is 356 g/mol. The molecule has 0 amide bonds. The molecule has 8 atom stereocenters. The molecule has 3 N–H and O–H groups in total. The van der Waals surface area contributed by atoms with Gasteiger partial charge in [0.15, 0.2) is 0 Å². The Hall–Kier alpha value is -0.470. The van der Waals surface area contributed by atoms with Gasteiger partial charge in [-0.3, -0.25) is 4.55 Å². The monoisotopic (exact) mass is 386 g/mol. The highest BCUT2D eigenvalue weighted by molar-refractivity contribution is 7.80.